The van der Waals surface area contributed by atoms with Crippen LogP contribution in [-0.4, -0.2) is 29.5 Å². The van der Waals surface area contributed by atoms with E-state index in [1.807, 2.05) is 12.1 Å². The van der Waals surface area contributed by atoms with Gasteiger partial charge in [0.2, 0.25) is 5.43 Å². The molecule has 0 saturated heterocycles. The number of aromatic carboxylic acids is 1. The van der Waals surface area contributed by atoms with Crippen LogP contribution in [0.1, 0.15) is 21.5 Å². The molecule has 0 amide bonds. The van der Waals surface area contributed by atoms with Crippen molar-refractivity contribution in [2.45, 2.75) is 13.5 Å². The molecule has 4 aromatic rings. The molecule has 2 aromatic carbocycles. The van der Waals surface area contributed by atoms with E-state index < -0.39 is 28.6 Å². The van der Waals surface area contributed by atoms with Crippen LogP contribution in [-0.2, 0) is 11.3 Å². The Hall–Kier alpha value is -3.56. The van der Waals surface area contributed by atoms with Gasteiger partial charge in [-0.3, -0.25) is 4.79 Å². The summed E-state index contributed by atoms with van der Waals surface area (Å²) in [5.41, 5.74) is 0.0682. The van der Waals surface area contributed by atoms with Crippen molar-refractivity contribution in [1.82, 2.24) is 4.57 Å². The van der Waals surface area contributed by atoms with Crippen LogP contribution in [0.2, 0.25) is 0 Å². The molecule has 6 nitrogen and oxygen atoms in total. The van der Waals surface area contributed by atoms with Crippen LogP contribution < -0.4 is 10.2 Å². The average Bonchev–Trinajstić information content (AvgIpc) is 3.14. The van der Waals surface area contributed by atoms with Crippen LogP contribution in [0.5, 0.6) is 5.75 Å². The lowest BCUT2D eigenvalue weighted by atomic mass is 10.1. The standard InChI is InChI=1S/C24H19F2NO5S/c1-13-20-21(28)17(24(29)30)11-27(10-16-18(25)4-3-5-19(16)26)23(20)33-22(13)14-6-8-15(9-7-14)32-12-31-2/h3-9,11H,10,12H2,1-2H3,(H,29,30). The van der Waals surface area contributed by atoms with E-state index in [0.717, 1.165) is 28.8 Å². The van der Waals surface area contributed by atoms with Crippen LogP contribution in [0.4, 0.5) is 8.78 Å². The van der Waals surface area contributed by atoms with Crippen LogP contribution in [0, 0.1) is 18.6 Å². The van der Waals surface area contributed by atoms with Gasteiger partial charge in [0, 0.05) is 23.7 Å². The number of thiophene rings is 1. The maximum absolute atomic E-state index is 14.3. The van der Waals surface area contributed by atoms with Crippen LogP contribution >= 0.6 is 11.3 Å². The summed E-state index contributed by atoms with van der Waals surface area (Å²) in [5, 5.41) is 9.77. The van der Waals surface area contributed by atoms with Crippen molar-refractivity contribution in [3.8, 4) is 16.2 Å². The minimum absolute atomic E-state index is 0.103. The number of fused-ring (bicyclic) bond motifs is 1. The largest absolute Gasteiger partial charge is 0.477 e. The van der Waals surface area contributed by atoms with Crippen molar-refractivity contribution in [2.24, 2.45) is 0 Å². The quantitative estimate of drug-likeness (QED) is 0.382. The molecule has 33 heavy (non-hydrogen) atoms. The van der Waals surface area contributed by atoms with Gasteiger partial charge in [0.25, 0.3) is 0 Å². The highest BCUT2D eigenvalue weighted by molar-refractivity contribution is 7.22. The number of halogens is 2. The summed E-state index contributed by atoms with van der Waals surface area (Å²) >= 11 is 1.25. The second-order valence-corrected chi connectivity index (χ2v) is 8.32. The number of rotatable bonds is 7. The van der Waals surface area contributed by atoms with Gasteiger partial charge in [-0.1, -0.05) is 6.07 Å². The fourth-order valence-electron chi connectivity index (χ4n) is 3.60. The summed E-state index contributed by atoms with van der Waals surface area (Å²) in [4.78, 5) is 25.9. The summed E-state index contributed by atoms with van der Waals surface area (Å²) in [6, 6.07) is 10.6. The van der Waals surface area contributed by atoms with E-state index in [0.29, 0.717) is 16.1 Å². The number of carbonyl (C=O) groups is 1. The maximum atomic E-state index is 14.3. The lowest BCUT2D eigenvalue weighted by Crippen LogP contribution is -2.19. The molecule has 0 unspecified atom stereocenters. The number of pyridine rings is 1. The number of benzene rings is 2. The van der Waals surface area contributed by atoms with E-state index >= 15 is 0 Å². The van der Waals surface area contributed by atoms with Gasteiger partial charge in [-0.2, -0.15) is 0 Å². The third-order valence-corrected chi connectivity index (χ3v) is 6.60. The van der Waals surface area contributed by atoms with Gasteiger partial charge in [-0.05, 0) is 54.4 Å². The molecule has 0 bridgehead atoms. The highest BCUT2D eigenvalue weighted by atomic mass is 32.1. The molecule has 2 aromatic heterocycles. The second kappa shape index (κ2) is 9.13. The van der Waals surface area contributed by atoms with Gasteiger partial charge in [0.1, 0.15) is 27.8 Å². The zero-order chi connectivity index (χ0) is 23.7. The first kappa shape index (κ1) is 22.6. The highest BCUT2D eigenvalue weighted by Crippen LogP contribution is 2.38. The van der Waals surface area contributed by atoms with Crippen LogP contribution in [0.15, 0.2) is 53.5 Å². The third-order valence-electron chi connectivity index (χ3n) is 5.23. The Labute approximate surface area is 191 Å². The molecule has 4 rings (SSSR count). The van der Waals surface area contributed by atoms with Crippen molar-refractivity contribution in [1.29, 1.82) is 0 Å². The van der Waals surface area contributed by atoms with Crippen molar-refractivity contribution in [2.75, 3.05) is 13.9 Å². The number of methoxy groups -OCH3 is 1. The number of carboxylic acids is 1. The van der Waals surface area contributed by atoms with Gasteiger partial charge >= 0.3 is 5.97 Å². The minimum Gasteiger partial charge on any atom is -0.477 e. The maximum Gasteiger partial charge on any atom is 0.341 e. The smallest absolute Gasteiger partial charge is 0.341 e. The molecule has 0 radical (unpaired) electrons. The Kier molecular flexibility index (Phi) is 6.26. The van der Waals surface area contributed by atoms with E-state index in [1.165, 1.54) is 29.1 Å². The van der Waals surface area contributed by atoms with E-state index in [1.54, 1.807) is 19.1 Å². The number of hydrogen-bond acceptors (Lipinski definition) is 5. The Morgan fingerprint density at radius 1 is 1.12 bits per heavy atom. The third kappa shape index (κ3) is 4.24. The molecule has 9 heteroatoms. The predicted octanol–water partition coefficient (Wildman–Crippen LogP) is 5.05. The predicted molar refractivity (Wildman–Crippen MR) is 121 cm³/mol. The van der Waals surface area contributed by atoms with E-state index in [9.17, 15) is 23.5 Å². The van der Waals surface area contributed by atoms with E-state index in [4.69, 9.17) is 9.47 Å². The molecule has 2 heterocycles. The van der Waals surface area contributed by atoms with Crippen molar-refractivity contribution < 1.29 is 28.2 Å². The number of aromatic nitrogens is 1. The van der Waals surface area contributed by atoms with Gasteiger partial charge < -0.3 is 19.1 Å². The van der Waals surface area contributed by atoms with E-state index in [2.05, 4.69) is 0 Å². The summed E-state index contributed by atoms with van der Waals surface area (Å²) in [6.07, 6.45) is 1.14. The molecule has 0 atom stereocenters. The SMILES string of the molecule is COCOc1ccc(-c2sc3c(c2C)c(=O)c(C(=O)O)cn3Cc2c(F)cccc2F)cc1. The Morgan fingerprint density at radius 2 is 1.79 bits per heavy atom. The van der Waals surface area contributed by atoms with Gasteiger partial charge in [0.05, 0.1) is 11.9 Å². The molecular weight excluding hydrogens is 452 g/mol. The first-order valence-electron chi connectivity index (χ1n) is 9.86. The zero-order valence-electron chi connectivity index (χ0n) is 17.7. The van der Waals surface area contributed by atoms with Crippen molar-refractivity contribution in [3.63, 3.8) is 0 Å². The topological polar surface area (TPSA) is 77.8 Å². The molecule has 1 N–H and O–H groups in total. The molecule has 0 aliphatic rings. The van der Waals surface area contributed by atoms with Gasteiger partial charge in [-0.15, -0.1) is 11.3 Å². The molecular formula is C24H19F2NO5S. The van der Waals surface area contributed by atoms with E-state index in [-0.39, 0.29) is 24.3 Å². The lowest BCUT2D eigenvalue weighted by molar-refractivity contribution is 0.0511. The summed E-state index contributed by atoms with van der Waals surface area (Å²) < 4.78 is 40.3. The zero-order valence-corrected chi connectivity index (χ0v) is 18.5. The first-order chi connectivity index (χ1) is 15.8. The van der Waals surface area contributed by atoms with Gasteiger partial charge in [0.15, 0.2) is 6.79 Å². The van der Waals surface area contributed by atoms with Crippen molar-refractivity contribution in [3.05, 3.63) is 87.2 Å². The molecule has 170 valence electrons. The fourth-order valence-corrected chi connectivity index (χ4v) is 4.89. The summed E-state index contributed by atoms with van der Waals surface area (Å²) in [6.45, 7) is 1.56. The summed E-state index contributed by atoms with van der Waals surface area (Å²) in [7, 11) is 1.52. The van der Waals surface area contributed by atoms with Crippen LogP contribution in [0.3, 0.4) is 0 Å². The lowest BCUT2D eigenvalue weighted by Gasteiger charge is -2.11. The molecule has 0 spiro atoms. The number of aryl methyl sites for hydroxylation is 1. The Balaban J connectivity index is 1.89. The normalized spacial score (nSPS) is 11.2. The number of carboxylic acid groups (broad SMARTS) is 1. The van der Waals surface area contributed by atoms with Crippen LogP contribution in [0.25, 0.3) is 20.7 Å². The molecule has 0 saturated carbocycles. The first-order valence-corrected chi connectivity index (χ1v) is 10.7. The van der Waals surface area contributed by atoms with Gasteiger partial charge in [-0.25, -0.2) is 13.6 Å². The monoisotopic (exact) mass is 471 g/mol. The number of ether oxygens (including phenoxy) is 2. The Morgan fingerprint density at radius 3 is 2.39 bits per heavy atom. The summed E-state index contributed by atoms with van der Waals surface area (Å²) in [5.74, 6) is -2.31. The fraction of sp³-hybridized carbons (Fsp3) is 0.167. The molecule has 0 fully saturated rings. The Bertz CT molecular complexity index is 1390. The second-order valence-electron chi connectivity index (χ2n) is 7.32. The molecule has 0 aliphatic heterocycles. The number of nitrogens with zero attached hydrogens (tertiary/aromatic N) is 1. The highest BCUT2D eigenvalue weighted by Gasteiger charge is 2.22. The average molecular weight is 471 g/mol. The van der Waals surface area contributed by atoms with Crippen molar-refractivity contribution >= 4 is 27.5 Å². The minimum atomic E-state index is -1.41. The molecule has 0 aliphatic carbocycles. The number of hydrogen-bond donors (Lipinski definition) is 1.